The van der Waals surface area contributed by atoms with Gasteiger partial charge in [-0.2, -0.15) is 0 Å². The molecular weight excluding hydrogens is 303 g/mol. The third-order valence-corrected chi connectivity index (χ3v) is 5.05. The fourth-order valence-electron chi connectivity index (χ4n) is 3.52. The molecule has 1 aromatic rings. The van der Waals surface area contributed by atoms with Crippen molar-refractivity contribution < 1.29 is 14.2 Å². The first-order valence-electron chi connectivity index (χ1n) is 9.45. The lowest BCUT2D eigenvalue weighted by Gasteiger charge is -2.37. The van der Waals surface area contributed by atoms with Gasteiger partial charge in [0.2, 0.25) is 0 Å². The van der Waals surface area contributed by atoms with E-state index < -0.39 is 5.67 Å². The Bertz CT molecular complexity index is 548. The Morgan fingerprint density at radius 3 is 2.67 bits per heavy atom. The molecule has 0 bridgehead atoms. The third kappa shape index (κ3) is 5.39. The molecule has 0 saturated heterocycles. The van der Waals surface area contributed by atoms with Crippen molar-refractivity contribution in [3.8, 4) is 11.5 Å². The van der Waals surface area contributed by atoms with Gasteiger partial charge in [-0.25, -0.2) is 4.39 Å². The standard InChI is InChI=1S/C21H33FO2/c1-5-6-7-9-16-14-18(23)17-10-13-21(4,24-19(17)15-16)12-8-11-20(2,3)22/h14-15,23H,5-13H2,1-4H3. The van der Waals surface area contributed by atoms with Crippen LogP contribution in [0, 0.1) is 0 Å². The number of alkyl halides is 1. The van der Waals surface area contributed by atoms with Gasteiger partial charge in [0.25, 0.3) is 0 Å². The van der Waals surface area contributed by atoms with E-state index in [1.165, 1.54) is 12.8 Å². The number of halogens is 1. The van der Waals surface area contributed by atoms with E-state index in [4.69, 9.17) is 4.74 Å². The largest absolute Gasteiger partial charge is 0.508 e. The first kappa shape index (κ1) is 19.1. The minimum absolute atomic E-state index is 0.257. The van der Waals surface area contributed by atoms with E-state index in [1.807, 2.05) is 6.07 Å². The molecule has 2 rings (SSSR count). The number of benzene rings is 1. The molecule has 0 radical (unpaired) electrons. The van der Waals surface area contributed by atoms with Gasteiger partial charge in [0.05, 0.1) is 0 Å². The van der Waals surface area contributed by atoms with Crippen molar-refractivity contribution in [3.63, 3.8) is 0 Å². The van der Waals surface area contributed by atoms with Crippen LogP contribution in [0.25, 0.3) is 0 Å². The molecule has 3 heteroatoms. The second-order valence-electron chi connectivity index (χ2n) is 8.17. The van der Waals surface area contributed by atoms with E-state index in [9.17, 15) is 9.50 Å². The number of hydrogen-bond acceptors (Lipinski definition) is 2. The molecule has 1 aliphatic rings. The van der Waals surface area contributed by atoms with E-state index in [2.05, 4.69) is 19.9 Å². The zero-order chi connectivity index (χ0) is 17.8. The molecular formula is C21H33FO2. The minimum atomic E-state index is -1.12. The number of phenols is 1. The van der Waals surface area contributed by atoms with E-state index in [0.29, 0.717) is 12.2 Å². The Labute approximate surface area is 146 Å². The molecule has 0 spiro atoms. The van der Waals surface area contributed by atoms with Crippen LogP contribution in [0.2, 0.25) is 0 Å². The number of hydrogen-bond donors (Lipinski definition) is 1. The maximum Gasteiger partial charge on any atom is 0.127 e. The van der Waals surface area contributed by atoms with Crippen molar-refractivity contribution >= 4 is 0 Å². The number of rotatable bonds is 8. The summed E-state index contributed by atoms with van der Waals surface area (Å²) in [6, 6.07) is 3.99. The molecule has 24 heavy (non-hydrogen) atoms. The molecule has 0 amide bonds. The van der Waals surface area contributed by atoms with Crippen LogP contribution in [0.4, 0.5) is 4.39 Å². The molecule has 0 aliphatic carbocycles. The van der Waals surface area contributed by atoms with E-state index in [-0.39, 0.29) is 5.60 Å². The lowest BCUT2D eigenvalue weighted by Crippen LogP contribution is -2.36. The molecule has 1 aliphatic heterocycles. The van der Waals surface area contributed by atoms with Crippen LogP contribution >= 0.6 is 0 Å². The monoisotopic (exact) mass is 336 g/mol. The highest BCUT2D eigenvalue weighted by Gasteiger charge is 2.33. The predicted octanol–water partition coefficient (Wildman–Crippen LogP) is 6.13. The smallest absolute Gasteiger partial charge is 0.127 e. The summed E-state index contributed by atoms with van der Waals surface area (Å²) in [5.41, 5.74) is 0.701. The lowest BCUT2D eigenvalue weighted by molar-refractivity contribution is 0.0480. The Balaban J connectivity index is 2.04. The highest BCUT2D eigenvalue weighted by atomic mass is 19.1. The first-order valence-corrected chi connectivity index (χ1v) is 9.45. The number of ether oxygens (including phenoxy) is 1. The normalized spacial score (nSPS) is 20.5. The van der Waals surface area contributed by atoms with Gasteiger partial charge >= 0.3 is 0 Å². The van der Waals surface area contributed by atoms with Crippen LogP contribution in [0.15, 0.2) is 12.1 Å². The molecule has 1 atom stereocenters. The summed E-state index contributed by atoms with van der Waals surface area (Å²) in [6.45, 7) is 7.57. The second kappa shape index (κ2) is 7.76. The summed E-state index contributed by atoms with van der Waals surface area (Å²) in [7, 11) is 0. The van der Waals surface area contributed by atoms with Crippen LogP contribution in [0.3, 0.4) is 0 Å². The summed E-state index contributed by atoms with van der Waals surface area (Å²) in [4.78, 5) is 0. The third-order valence-electron chi connectivity index (χ3n) is 5.05. The number of aromatic hydroxyl groups is 1. The minimum Gasteiger partial charge on any atom is -0.508 e. The van der Waals surface area contributed by atoms with Crippen LogP contribution in [0.5, 0.6) is 11.5 Å². The molecule has 0 aromatic heterocycles. The van der Waals surface area contributed by atoms with Crippen LogP contribution in [-0.4, -0.2) is 16.4 Å². The fraction of sp³-hybridized carbons (Fsp3) is 0.714. The van der Waals surface area contributed by atoms with Crippen LogP contribution in [0.1, 0.15) is 83.8 Å². The Morgan fingerprint density at radius 2 is 2.00 bits per heavy atom. The molecule has 1 unspecified atom stereocenters. The molecule has 1 heterocycles. The van der Waals surface area contributed by atoms with Gasteiger partial charge in [0.15, 0.2) is 0 Å². The molecule has 2 nitrogen and oxygen atoms in total. The molecule has 0 saturated carbocycles. The summed E-state index contributed by atoms with van der Waals surface area (Å²) in [6.07, 6.45) is 8.43. The van der Waals surface area contributed by atoms with Crippen molar-refractivity contribution in [2.45, 2.75) is 96.8 Å². The van der Waals surface area contributed by atoms with Crippen molar-refractivity contribution in [2.75, 3.05) is 0 Å². The van der Waals surface area contributed by atoms with Gasteiger partial charge in [0, 0.05) is 5.56 Å². The maximum absolute atomic E-state index is 13.7. The lowest BCUT2D eigenvalue weighted by atomic mass is 9.86. The average Bonchev–Trinajstić information content (AvgIpc) is 2.45. The van der Waals surface area contributed by atoms with Crippen molar-refractivity contribution in [2.24, 2.45) is 0 Å². The van der Waals surface area contributed by atoms with E-state index in [1.54, 1.807) is 13.8 Å². The van der Waals surface area contributed by atoms with Gasteiger partial charge in [-0.1, -0.05) is 19.8 Å². The highest BCUT2D eigenvalue weighted by molar-refractivity contribution is 5.49. The maximum atomic E-state index is 13.7. The number of fused-ring (bicyclic) bond motifs is 1. The first-order chi connectivity index (χ1) is 11.2. The van der Waals surface area contributed by atoms with Gasteiger partial charge in [-0.3, -0.25) is 0 Å². The summed E-state index contributed by atoms with van der Waals surface area (Å²) < 4.78 is 20.0. The molecule has 1 N–H and O–H groups in total. The Hall–Kier alpha value is -1.25. The average molecular weight is 336 g/mol. The van der Waals surface area contributed by atoms with Crippen LogP contribution in [-0.2, 0) is 12.8 Å². The summed E-state index contributed by atoms with van der Waals surface area (Å²) in [5, 5.41) is 10.3. The Morgan fingerprint density at radius 1 is 1.25 bits per heavy atom. The molecule has 0 fully saturated rings. The zero-order valence-corrected chi connectivity index (χ0v) is 15.8. The number of phenolic OH excluding ortho intramolecular Hbond substituents is 1. The molecule has 1 aromatic carbocycles. The summed E-state index contributed by atoms with van der Waals surface area (Å²) >= 11 is 0. The predicted molar refractivity (Wildman–Crippen MR) is 97.7 cm³/mol. The number of aryl methyl sites for hydroxylation is 1. The molecule has 136 valence electrons. The van der Waals surface area contributed by atoms with Crippen molar-refractivity contribution in [3.05, 3.63) is 23.3 Å². The second-order valence-corrected chi connectivity index (χ2v) is 8.17. The van der Waals surface area contributed by atoms with E-state index >= 15 is 0 Å². The summed E-state index contributed by atoms with van der Waals surface area (Å²) in [5.74, 6) is 1.20. The van der Waals surface area contributed by atoms with E-state index in [0.717, 1.165) is 55.4 Å². The van der Waals surface area contributed by atoms with Gasteiger partial charge in [0.1, 0.15) is 22.8 Å². The van der Waals surface area contributed by atoms with Crippen molar-refractivity contribution in [1.29, 1.82) is 0 Å². The number of unbranched alkanes of at least 4 members (excludes halogenated alkanes) is 2. The van der Waals surface area contributed by atoms with Gasteiger partial charge in [-0.15, -0.1) is 0 Å². The van der Waals surface area contributed by atoms with Crippen molar-refractivity contribution in [1.82, 2.24) is 0 Å². The highest BCUT2D eigenvalue weighted by Crippen LogP contribution is 2.41. The van der Waals surface area contributed by atoms with Crippen LogP contribution < -0.4 is 4.74 Å². The topological polar surface area (TPSA) is 29.5 Å². The Kier molecular flexibility index (Phi) is 6.17. The quantitative estimate of drug-likeness (QED) is 0.579. The van der Waals surface area contributed by atoms with Gasteiger partial charge < -0.3 is 9.84 Å². The van der Waals surface area contributed by atoms with Gasteiger partial charge in [-0.05, 0) is 83.4 Å². The zero-order valence-electron chi connectivity index (χ0n) is 15.8. The fourth-order valence-corrected chi connectivity index (χ4v) is 3.52. The SMILES string of the molecule is CCCCCc1cc(O)c2c(c1)OC(C)(CCCC(C)(C)F)CC2.